The molecular formula is C16H20N6O3. The van der Waals surface area contributed by atoms with Crippen LogP contribution in [0.1, 0.15) is 24.7 Å². The van der Waals surface area contributed by atoms with Gasteiger partial charge in [-0.15, -0.1) is 0 Å². The van der Waals surface area contributed by atoms with Crippen LogP contribution >= 0.6 is 0 Å². The number of hydrogen-bond donors (Lipinski definition) is 1. The molecule has 1 amide bonds. The number of carbonyl (C=O) groups excluding carboxylic acids is 1. The standard InChI is InChI=1S/C16H20N6O3/c23-14(19-6-12-2-1-5-24-12)10-22-8-11(9-22)16-20-15(21-25-16)13-7-17-3-4-18-13/h3-4,7,11-12H,1-2,5-6,8-10H2,(H,19,23)/t12-/m0/s1. The van der Waals surface area contributed by atoms with Crippen molar-refractivity contribution in [2.75, 3.05) is 32.8 Å². The summed E-state index contributed by atoms with van der Waals surface area (Å²) in [5.41, 5.74) is 0.585. The maximum atomic E-state index is 12.0. The van der Waals surface area contributed by atoms with Gasteiger partial charge in [0.2, 0.25) is 17.6 Å². The average molecular weight is 344 g/mol. The molecule has 2 aliphatic heterocycles. The number of carbonyl (C=O) groups is 1. The van der Waals surface area contributed by atoms with Gasteiger partial charge in [0.05, 0.1) is 24.8 Å². The van der Waals surface area contributed by atoms with Crippen molar-refractivity contribution in [1.82, 2.24) is 30.3 Å². The van der Waals surface area contributed by atoms with Crippen molar-refractivity contribution in [3.05, 3.63) is 24.5 Å². The molecule has 0 saturated carbocycles. The number of aromatic nitrogens is 4. The lowest BCUT2D eigenvalue weighted by molar-refractivity contribution is -0.123. The molecule has 9 heteroatoms. The molecule has 0 unspecified atom stereocenters. The van der Waals surface area contributed by atoms with Crippen molar-refractivity contribution < 1.29 is 14.1 Å². The molecule has 2 aromatic rings. The number of likely N-dealkylation sites (tertiary alicyclic amines) is 1. The summed E-state index contributed by atoms with van der Waals surface area (Å²) in [4.78, 5) is 26.5. The second-order valence-electron chi connectivity index (χ2n) is 6.38. The Labute approximate surface area is 144 Å². The van der Waals surface area contributed by atoms with E-state index in [9.17, 15) is 4.79 Å². The molecule has 0 spiro atoms. The predicted octanol–water partition coefficient (Wildman–Crippen LogP) is 0.221. The summed E-state index contributed by atoms with van der Waals surface area (Å²) in [7, 11) is 0. The van der Waals surface area contributed by atoms with Crippen LogP contribution in [-0.2, 0) is 9.53 Å². The highest BCUT2D eigenvalue weighted by molar-refractivity contribution is 5.78. The summed E-state index contributed by atoms with van der Waals surface area (Å²) in [5, 5.41) is 6.88. The van der Waals surface area contributed by atoms with E-state index in [0.717, 1.165) is 32.5 Å². The number of ether oxygens (including phenoxy) is 1. The zero-order chi connectivity index (χ0) is 17.1. The largest absolute Gasteiger partial charge is 0.376 e. The molecule has 4 heterocycles. The van der Waals surface area contributed by atoms with Crippen LogP contribution in [0.15, 0.2) is 23.1 Å². The molecule has 0 aromatic carbocycles. The highest BCUT2D eigenvalue weighted by Gasteiger charge is 2.33. The summed E-state index contributed by atoms with van der Waals surface area (Å²) in [6, 6.07) is 0. The van der Waals surface area contributed by atoms with Crippen molar-refractivity contribution in [3.8, 4) is 11.5 Å². The van der Waals surface area contributed by atoms with Gasteiger partial charge in [-0.2, -0.15) is 4.98 Å². The van der Waals surface area contributed by atoms with E-state index in [4.69, 9.17) is 9.26 Å². The fraction of sp³-hybridized carbons (Fsp3) is 0.562. The summed E-state index contributed by atoms with van der Waals surface area (Å²) in [6.07, 6.45) is 7.06. The van der Waals surface area contributed by atoms with Gasteiger partial charge in [-0.3, -0.25) is 14.7 Å². The van der Waals surface area contributed by atoms with Gasteiger partial charge in [0.15, 0.2) is 0 Å². The fourth-order valence-corrected chi connectivity index (χ4v) is 3.07. The first kappa shape index (κ1) is 16.1. The monoisotopic (exact) mass is 344 g/mol. The van der Waals surface area contributed by atoms with Gasteiger partial charge in [0.1, 0.15) is 5.69 Å². The normalized spacial score (nSPS) is 21.2. The molecule has 0 radical (unpaired) electrons. The molecule has 25 heavy (non-hydrogen) atoms. The Morgan fingerprint density at radius 2 is 2.28 bits per heavy atom. The third-order valence-corrected chi connectivity index (χ3v) is 4.46. The Balaban J connectivity index is 1.22. The van der Waals surface area contributed by atoms with Gasteiger partial charge in [0.25, 0.3) is 0 Å². The highest BCUT2D eigenvalue weighted by Crippen LogP contribution is 2.26. The Kier molecular flexibility index (Phi) is 4.66. The quantitative estimate of drug-likeness (QED) is 0.793. The van der Waals surface area contributed by atoms with Crippen LogP contribution in [-0.4, -0.2) is 69.8 Å². The lowest BCUT2D eigenvalue weighted by Crippen LogP contribution is -2.50. The minimum Gasteiger partial charge on any atom is -0.376 e. The predicted molar refractivity (Wildman–Crippen MR) is 86.5 cm³/mol. The maximum Gasteiger partial charge on any atom is 0.234 e. The SMILES string of the molecule is O=C(CN1CC(c2nc(-c3cnccn3)no2)C1)NC[C@@H]1CCCO1. The molecule has 9 nitrogen and oxygen atoms in total. The Bertz CT molecular complexity index is 710. The molecule has 2 saturated heterocycles. The lowest BCUT2D eigenvalue weighted by Gasteiger charge is -2.36. The first-order valence-electron chi connectivity index (χ1n) is 8.48. The van der Waals surface area contributed by atoms with Crippen molar-refractivity contribution in [2.24, 2.45) is 0 Å². The number of amides is 1. The van der Waals surface area contributed by atoms with E-state index < -0.39 is 0 Å². The molecule has 4 rings (SSSR count). The molecule has 0 aliphatic carbocycles. The van der Waals surface area contributed by atoms with E-state index in [1.165, 1.54) is 0 Å². The molecule has 2 aliphatic rings. The average Bonchev–Trinajstić information content (AvgIpc) is 3.28. The summed E-state index contributed by atoms with van der Waals surface area (Å²) in [5.74, 6) is 1.20. The Morgan fingerprint density at radius 1 is 1.36 bits per heavy atom. The number of nitrogens with zero attached hydrogens (tertiary/aromatic N) is 5. The van der Waals surface area contributed by atoms with Crippen LogP contribution in [0.5, 0.6) is 0 Å². The van der Waals surface area contributed by atoms with Gasteiger partial charge in [-0.1, -0.05) is 5.16 Å². The van der Waals surface area contributed by atoms with Crippen LogP contribution in [0.4, 0.5) is 0 Å². The summed E-state index contributed by atoms with van der Waals surface area (Å²) < 4.78 is 10.8. The third kappa shape index (κ3) is 3.83. The van der Waals surface area contributed by atoms with Gasteiger partial charge < -0.3 is 14.6 Å². The molecule has 1 atom stereocenters. The van der Waals surface area contributed by atoms with E-state index in [0.29, 0.717) is 30.5 Å². The second kappa shape index (κ2) is 7.24. The zero-order valence-corrected chi connectivity index (χ0v) is 13.8. The van der Waals surface area contributed by atoms with Gasteiger partial charge in [-0.05, 0) is 12.8 Å². The van der Waals surface area contributed by atoms with Crippen LogP contribution < -0.4 is 5.32 Å². The second-order valence-corrected chi connectivity index (χ2v) is 6.38. The minimum atomic E-state index is 0.0275. The van der Waals surface area contributed by atoms with Crippen molar-refractivity contribution in [2.45, 2.75) is 24.9 Å². The summed E-state index contributed by atoms with van der Waals surface area (Å²) >= 11 is 0. The first-order valence-corrected chi connectivity index (χ1v) is 8.48. The van der Waals surface area contributed by atoms with Gasteiger partial charge in [-0.25, -0.2) is 4.98 Å². The van der Waals surface area contributed by atoms with Gasteiger partial charge >= 0.3 is 0 Å². The molecule has 0 bridgehead atoms. The molecular weight excluding hydrogens is 324 g/mol. The molecule has 132 valence electrons. The van der Waals surface area contributed by atoms with Crippen LogP contribution in [0.2, 0.25) is 0 Å². The van der Waals surface area contributed by atoms with Gasteiger partial charge in [0, 0.05) is 38.6 Å². The number of nitrogens with one attached hydrogen (secondary N) is 1. The topological polar surface area (TPSA) is 106 Å². The summed E-state index contributed by atoms with van der Waals surface area (Å²) in [6.45, 7) is 3.25. The van der Waals surface area contributed by atoms with Crippen molar-refractivity contribution >= 4 is 5.91 Å². The molecule has 2 fully saturated rings. The third-order valence-electron chi connectivity index (χ3n) is 4.46. The smallest absolute Gasteiger partial charge is 0.234 e. The van der Waals surface area contributed by atoms with E-state index in [2.05, 4.69) is 30.3 Å². The maximum absolute atomic E-state index is 12.0. The highest BCUT2D eigenvalue weighted by atomic mass is 16.5. The number of rotatable bonds is 6. The van der Waals surface area contributed by atoms with E-state index in [1.54, 1.807) is 18.6 Å². The van der Waals surface area contributed by atoms with Crippen LogP contribution in [0.3, 0.4) is 0 Å². The first-order chi connectivity index (χ1) is 12.3. The Hall–Kier alpha value is -2.39. The lowest BCUT2D eigenvalue weighted by atomic mass is 10.0. The zero-order valence-electron chi connectivity index (χ0n) is 13.8. The van der Waals surface area contributed by atoms with E-state index >= 15 is 0 Å². The molecule has 1 N–H and O–H groups in total. The van der Waals surface area contributed by atoms with Crippen LogP contribution in [0, 0.1) is 0 Å². The number of hydrogen-bond acceptors (Lipinski definition) is 8. The molecule has 2 aromatic heterocycles. The van der Waals surface area contributed by atoms with Crippen molar-refractivity contribution in [3.63, 3.8) is 0 Å². The fourth-order valence-electron chi connectivity index (χ4n) is 3.07. The van der Waals surface area contributed by atoms with E-state index in [1.807, 2.05) is 0 Å². The minimum absolute atomic E-state index is 0.0275. The Morgan fingerprint density at radius 3 is 3.04 bits per heavy atom. The van der Waals surface area contributed by atoms with Crippen LogP contribution in [0.25, 0.3) is 11.5 Å². The van der Waals surface area contributed by atoms with E-state index in [-0.39, 0.29) is 17.9 Å². The van der Waals surface area contributed by atoms with Crippen molar-refractivity contribution in [1.29, 1.82) is 0 Å².